The van der Waals surface area contributed by atoms with Gasteiger partial charge in [0.15, 0.2) is 0 Å². The highest BCUT2D eigenvalue weighted by molar-refractivity contribution is 5.69. The minimum Gasteiger partial charge on any atom is -0.356 e. The maximum Gasteiger partial charge on any atom is 0.327 e. The van der Waals surface area contributed by atoms with Crippen LogP contribution in [0.3, 0.4) is 0 Å². The van der Waals surface area contributed by atoms with Crippen LogP contribution in [0.1, 0.15) is 12.0 Å². The van der Waals surface area contributed by atoms with Gasteiger partial charge in [-0.15, -0.1) is 0 Å². The molecular weight excluding hydrogens is 225 g/mol. The van der Waals surface area contributed by atoms with Crippen molar-refractivity contribution in [3.05, 3.63) is 35.6 Å². The van der Waals surface area contributed by atoms with Gasteiger partial charge in [-0.1, -0.05) is 17.7 Å². The Balaban J connectivity index is 2.34. The van der Waals surface area contributed by atoms with Crippen molar-refractivity contribution in [1.82, 2.24) is 10.5 Å². The molecule has 0 aliphatic carbocycles. The second-order valence-electron chi connectivity index (χ2n) is 3.71. The minimum absolute atomic E-state index is 0.218. The van der Waals surface area contributed by atoms with E-state index in [1.807, 2.05) is 23.6 Å². The fraction of sp³-hybridized carbons (Fsp3) is 0.364. The van der Waals surface area contributed by atoms with Crippen molar-refractivity contribution in [1.29, 1.82) is 0 Å². The highest BCUT2D eigenvalue weighted by Gasteiger charge is 2.06. The summed E-state index contributed by atoms with van der Waals surface area (Å²) in [4.78, 5) is 17.3. The molecule has 5 nitrogen and oxygen atoms in total. The SMILES string of the molecule is CN(CCC(=O)ONN)Cc1cccc(F)c1. The molecule has 0 aliphatic heterocycles. The Morgan fingerprint density at radius 3 is 3.00 bits per heavy atom. The zero-order valence-electron chi connectivity index (χ0n) is 9.65. The molecule has 17 heavy (non-hydrogen) atoms. The first kappa shape index (κ1) is 13.6. The lowest BCUT2D eigenvalue weighted by Crippen LogP contribution is -2.29. The summed E-state index contributed by atoms with van der Waals surface area (Å²) in [5.74, 6) is 4.13. The van der Waals surface area contributed by atoms with Gasteiger partial charge in [-0.25, -0.2) is 10.2 Å². The van der Waals surface area contributed by atoms with Crippen LogP contribution < -0.4 is 11.4 Å². The maximum atomic E-state index is 12.9. The zero-order chi connectivity index (χ0) is 12.7. The van der Waals surface area contributed by atoms with Gasteiger partial charge in [-0.3, -0.25) is 4.79 Å². The lowest BCUT2D eigenvalue weighted by atomic mass is 10.2. The van der Waals surface area contributed by atoms with E-state index in [1.165, 1.54) is 12.1 Å². The van der Waals surface area contributed by atoms with Crippen LogP contribution in [-0.2, 0) is 16.2 Å². The molecule has 0 atom stereocenters. The van der Waals surface area contributed by atoms with E-state index in [0.29, 0.717) is 13.1 Å². The summed E-state index contributed by atoms with van der Waals surface area (Å²) in [5, 5.41) is 0. The Kier molecular flexibility index (Phi) is 5.55. The van der Waals surface area contributed by atoms with E-state index in [2.05, 4.69) is 4.84 Å². The van der Waals surface area contributed by atoms with Gasteiger partial charge in [0.2, 0.25) is 0 Å². The number of rotatable bonds is 6. The van der Waals surface area contributed by atoms with Gasteiger partial charge in [0.1, 0.15) is 5.82 Å². The van der Waals surface area contributed by atoms with Gasteiger partial charge in [-0.2, -0.15) is 0 Å². The van der Waals surface area contributed by atoms with Crippen LogP contribution in [0.15, 0.2) is 24.3 Å². The number of carbonyl (C=O) groups is 1. The van der Waals surface area contributed by atoms with Crippen molar-refractivity contribution in [2.45, 2.75) is 13.0 Å². The molecule has 1 aromatic rings. The minimum atomic E-state index is -0.432. The molecule has 0 radical (unpaired) electrons. The summed E-state index contributed by atoms with van der Waals surface area (Å²) in [5.41, 5.74) is 2.69. The molecule has 0 spiro atoms. The fourth-order valence-electron chi connectivity index (χ4n) is 1.42. The van der Waals surface area contributed by atoms with Crippen LogP contribution in [0.2, 0.25) is 0 Å². The zero-order valence-corrected chi connectivity index (χ0v) is 9.65. The van der Waals surface area contributed by atoms with E-state index in [4.69, 9.17) is 5.84 Å². The van der Waals surface area contributed by atoms with Crippen molar-refractivity contribution in [2.24, 2.45) is 5.84 Å². The smallest absolute Gasteiger partial charge is 0.327 e. The predicted octanol–water partition coefficient (Wildman–Crippen LogP) is 0.569. The molecule has 1 rings (SSSR count). The Morgan fingerprint density at radius 1 is 1.59 bits per heavy atom. The lowest BCUT2D eigenvalue weighted by Gasteiger charge is -2.15. The second kappa shape index (κ2) is 6.95. The first-order valence-electron chi connectivity index (χ1n) is 5.20. The molecule has 0 aromatic heterocycles. The highest BCUT2D eigenvalue weighted by Crippen LogP contribution is 2.06. The first-order chi connectivity index (χ1) is 8.11. The van der Waals surface area contributed by atoms with Gasteiger partial charge in [0, 0.05) is 13.1 Å². The Bertz CT molecular complexity index is 373. The first-order valence-corrected chi connectivity index (χ1v) is 5.20. The molecular formula is C11H16FN3O2. The average molecular weight is 241 g/mol. The van der Waals surface area contributed by atoms with Crippen molar-refractivity contribution in [3.8, 4) is 0 Å². The second-order valence-corrected chi connectivity index (χ2v) is 3.71. The number of hydrazine groups is 1. The quantitative estimate of drug-likeness (QED) is 0.563. The number of carbonyl (C=O) groups excluding carboxylic acids is 1. The Morgan fingerprint density at radius 2 is 2.35 bits per heavy atom. The number of nitrogens with zero attached hydrogens (tertiary/aromatic N) is 1. The normalized spacial score (nSPS) is 10.6. The topological polar surface area (TPSA) is 67.6 Å². The number of halogens is 1. The largest absolute Gasteiger partial charge is 0.356 e. The van der Waals surface area contributed by atoms with Crippen LogP contribution in [0.5, 0.6) is 0 Å². The molecule has 6 heteroatoms. The van der Waals surface area contributed by atoms with E-state index in [1.54, 1.807) is 6.07 Å². The van der Waals surface area contributed by atoms with Crippen LogP contribution in [0, 0.1) is 5.82 Å². The standard InChI is InChI=1S/C11H16FN3O2/c1-15(6-5-11(16)17-14-13)8-9-3-2-4-10(12)7-9/h2-4,7,14H,5-6,8,13H2,1H3. The van der Waals surface area contributed by atoms with Crippen molar-refractivity contribution in [3.63, 3.8) is 0 Å². The van der Waals surface area contributed by atoms with E-state index in [-0.39, 0.29) is 12.2 Å². The summed E-state index contributed by atoms with van der Waals surface area (Å²) in [6, 6.07) is 6.36. The maximum absolute atomic E-state index is 12.9. The van der Waals surface area contributed by atoms with Crippen molar-refractivity contribution < 1.29 is 14.0 Å². The molecule has 0 saturated heterocycles. The molecule has 94 valence electrons. The van der Waals surface area contributed by atoms with E-state index in [0.717, 1.165) is 5.56 Å². The molecule has 0 fully saturated rings. The number of hydrogen-bond donors (Lipinski definition) is 2. The van der Waals surface area contributed by atoms with Gasteiger partial charge in [0.05, 0.1) is 6.42 Å². The summed E-state index contributed by atoms with van der Waals surface area (Å²) >= 11 is 0. The number of hydrogen-bond acceptors (Lipinski definition) is 5. The highest BCUT2D eigenvalue weighted by atomic mass is 19.1. The van der Waals surface area contributed by atoms with Crippen LogP contribution in [-0.4, -0.2) is 24.5 Å². The third-order valence-electron chi connectivity index (χ3n) is 2.21. The van der Waals surface area contributed by atoms with Crippen LogP contribution in [0.25, 0.3) is 0 Å². The van der Waals surface area contributed by atoms with Gasteiger partial charge >= 0.3 is 5.97 Å². The Labute approximate surface area is 99.3 Å². The third kappa shape index (κ3) is 5.39. The number of nitrogens with two attached hydrogens (primary N) is 1. The monoisotopic (exact) mass is 241 g/mol. The molecule has 0 heterocycles. The van der Waals surface area contributed by atoms with Gasteiger partial charge < -0.3 is 9.74 Å². The van der Waals surface area contributed by atoms with Crippen molar-refractivity contribution >= 4 is 5.97 Å². The molecule has 0 aliphatic rings. The molecule has 0 amide bonds. The fourth-order valence-corrected chi connectivity index (χ4v) is 1.42. The molecule has 1 aromatic carbocycles. The van der Waals surface area contributed by atoms with Gasteiger partial charge in [-0.05, 0) is 24.7 Å². The van der Waals surface area contributed by atoms with Crippen molar-refractivity contribution in [2.75, 3.05) is 13.6 Å². The molecule has 0 unspecified atom stereocenters. The summed E-state index contributed by atoms with van der Waals surface area (Å²) in [6.07, 6.45) is 0.218. The van der Waals surface area contributed by atoms with E-state index in [9.17, 15) is 9.18 Å². The molecule has 0 saturated carbocycles. The van der Waals surface area contributed by atoms with Crippen LogP contribution >= 0.6 is 0 Å². The lowest BCUT2D eigenvalue weighted by molar-refractivity contribution is -0.151. The molecule has 3 N–H and O–H groups in total. The van der Waals surface area contributed by atoms with E-state index >= 15 is 0 Å². The number of nitrogens with one attached hydrogen (secondary N) is 1. The Hall–Kier alpha value is -1.50. The average Bonchev–Trinajstić information content (AvgIpc) is 2.27. The van der Waals surface area contributed by atoms with Gasteiger partial charge in [0.25, 0.3) is 0 Å². The molecule has 0 bridgehead atoms. The van der Waals surface area contributed by atoms with Crippen LogP contribution in [0.4, 0.5) is 4.39 Å². The third-order valence-corrected chi connectivity index (χ3v) is 2.21. The predicted molar refractivity (Wildman–Crippen MR) is 60.8 cm³/mol. The summed E-state index contributed by atoms with van der Waals surface area (Å²) in [7, 11) is 1.84. The number of benzene rings is 1. The summed E-state index contributed by atoms with van der Waals surface area (Å²) in [6.45, 7) is 1.08. The van der Waals surface area contributed by atoms with E-state index < -0.39 is 5.97 Å². The summed E-state index contributed by atoms with van der Waals surface area (Å²) < 4.78 is 12.9.